The molecule has 2 heterocycles. The van der Waals surface area contributed by atoms with Gasteiger partial charge in [0.15, 0.2) is 11.5 Å². The normalized spacial score (nSPS) is 15.3. The maximum atomic E-state index is 12.8. The van der Waals surface area contributed by atoms with E-state index in [-0.39, 0.29) is 35.0 Å². The quantitative estimate of drug-likeness (QED) is 0.552. The third-order valence-corrected chi connectivity index (χ3v) is 7.67. The molecule has 0 radical (unpaired) electrons. The van der Waals surface area contributed by atoms with Crippen LogP contribution < -0.4 is 14.8 Å². The van der Waals surface area contributed by atoms with Gasteiger partial charge in [0.05, 0.1) is 13.7 Å². The summed E-state index contributed by atoms with van der Waals surface area (Å²) in [7, 11) is -2.15. The zero-order chi connectivity index (χ0) is 23.1. The van der Waals surface area contributed by atoms with Crippen LogP contribution in [0.4, 0.5) is 0 Å². The summed E-state index contributed by atoms with van der Waals surface area (Å²) in [6.07, 6.45) is 3.22. The van der Waals surface area contributed by atoms with Crippen LogP contribution in [0.1, 0.15) is 31.7 Å². The van der Waals surface area contributed by atoms with Gasteiger partial charge in [-0.05, 0) is 49.1 Å². The number of ether oxygens (including phenoxy) is 2. The monoisotopic (exact) mass is 481 g/mol. The van der Waals surface area contributed by atoms with Crippen LogP contribution in [0.15, 0.2) is 41.4 Å². The topological polar surface area (TPSA) is 97.8 Å². The number of halogens is 1. The molecule has 0 bridgehead atoms. The third-order valence-electron chi connectivity index (χ3n) is 5.32. The highest BCUT2D eigenvalue weighted by molar-refractivity contribution is 7.89. The van der Waals surface area contributed by atoms with Crippen molar-refractivity contribution in [2.24, 2.45) is 5.92 Å². The molecule has 1 amide bonds. The minimum atomic E-state index is -3.73. The van der Waals surface area contributed by atoms with Gasteiger partial charge in [0, 0.05) is 31.7 Å². The molecule has 1 aromatic carbocycles. The van der Waals surface area contributed by atoms with Gasteiger partial charge in [-0.3, -0.25) is 4.79 Å². The van der Waals surface area contributed by atoms with E-state index < -0.39 is 10.0 Å². The zero-order valence-corrected chi connectivity index (χ0v) is 19.8. The number of carbonyl (C=O) groups excluding carboxylic acids is 1. The lowest BCUT2D eigenvalue weighted by Gasteiger charge is -2.30. The molecular weight excluding hydrogens is 454 g/mol. The summed E-state index contributed by atoms with van der Waals surface area (Å²) in [6, 6.07) is 8.55. The molecule has 1 saturated heterocycles. The Kier molecular flexibility index (Phi) is 8.33. The molecule has 0 atom stereocenters. The number of nitrogens with zero attached hydrogens (tertiary/aromatic N) is 2. The van der Waals surface area contributed by atoms with Gasteiger partial charge in [-0.15, -0.1) is 0 Å². The smallest absolute Gasteiger partial charge is 0.246 e. The number of carbonyl (C=O) groups is 1. The van der Waals surface area contributed by atoms with Gasteiger partial charge in [-0.1, -0.05) is 24.6 Å². The van der Waals surface area contributed by atoms with Crippen molar-refractivity contribution in [3.05, 3.63) is 47.2 Å². The number of amides is 1. The summed E-state index contributed by atoms with van der Waals surface area (Å²) in [5.41, 5.74) is 0.894. The number of rotatable bonds is 9. The second-order valence-corrected chi connectivity index (χ2v) is 9.79. The molecule has 174 valence electrons. The fourth-order valence-corrected chi connectivity index (χ4v) is 5.45. The van der Waals surface area contributed by atoms with Gasteiger partial charge in [0.2, 0.25) is 15.9 Å². The fraction of sp³-hybridized carbons (Fsp3) is 0.455. The van der Waals surface area contributed by atoms with Crippen LogP contribution >= 0.6 is 11.6 Å². The minimum absolute atomic E-state index is 0.00937. The van der Waals surface area contributed by atoms with Crippen LogP contribution in [-0.4, -0.2) is 50.4 Å². The van der Waals surface area contributed by atoms with Gasteiger partial charge >= 0.3 is 0 Å². The molecule has 8 nitrogen and oxygen atoms in total. The van der Waals surface area contributed by atoms with Crippen molar-refractivity contribution in [1.82, 2.24) is 14.6 Å². The average molecular weight is 482 g/mol. The van der Waals surface area contributed by atoms with E-state index in [0.717, 1.165) is 12.0 Å². The second kappa shape index (κ2) is 11.0. The maximum absolute atomic E-state index is 12.8. The molecule has 0 aliphatic carbocycles. The second-order valence-electron chi connectivity index (χ2n) is 7.52. The van der Waals surface area contributed by atoms with Crippen LogP contribution in [0.2, 0.25) is 5.15 Å². The lowest BCUT2D eigenvalue weighted by molar-refractivity contribution is -0.126. The minimum Gasteiger partial charge on any atom is -0.493 e. The number of pyridine rings is 1. The van der Waals surface area contributed by atoms with Gasteiger partial charge in [0.1, 0.15) is 10.0 Å². The number of aromatic nitrogens is 1. The molecular formula is C22H28ClN3O5S. The van der Waals surface area contributed by atoms with Crippen molar-refractivity contribution in [2.45, 2.75) is 37.6 Å². The van der Waals surface area contributed by atoms with Gasteiger partial charge < -0.3 is 14.8 Å². The first-order valence-corrected chi connectivity index (χ1v) is 12.4. The lowest BCUT2D eigenvalue weighted by atomic mass is 9.97. The summed E-state index contributed by atoms with van der Waals surface area (Å²) in [6.45, 7) is 3.50. The first-order chi connectivity index (χ1) is 15.4. The molecule has 3 rings (SSSR count). The molecule has 10 heteroatoms. The van der Waals surface area contributed by atoms with Gasteiger partial charge in [-0.2, -0.15) is 4.31 Å². The van der Waals surface area contributed by atoms with E-state index in [9.17, 15) is 13.2 Å². The van der Waals surface area contributed by atoms with E-state index in [1.165, 1.54) is 22.6 Å². The van der Waals surface area contributed by atoms with Crippen molar-refractivity contribution in [2.75, 3.05) is 26.8 Å². The predicted octanol–water partition coefficient (Wildman–Crippen LogP) is 3.25. The Morgan fingerprint density at radius 2 is 2.00 bits per heavy atom. The summed E-state index contributed by atoms with van der Waals surface area (Å²) in [4.78, 5) is 16.5. The molecule has 1 aromatic heterocycles. The van der Waals surface area contributed by atoms with Crippen molar-refractivity contribution in [1.29, 1.82) is 0 Å². The zero-order valence-electron chi connectivity index (χ0n) is 18.2. The van der Waals surface area contributed by atoms with Gasteiger partial charge in [-0.25, -0.2) is 13.4 Å². The van der Waals surface area contributed by atoms with Crippen LogP contribution in [0, 0.1) is 5.92 Å². The molecule has 1 aliphatic rings. The van der Waals surface area contributed by atoms with Crippen molar-refractivity contribution in [3.8, 4) is 11.5 Å². The van der Waals surface area contributed by atoms with E-state index in [1.807, 2.05) is 25.1 Å². The highest BCUT2D eigenvalue weighted by Gasteiger charge is 2.33. The van der Waals surface area contributed by atoms with Crippen LogP contribution in [0.3, 0.4) is 0 Å². The number of sulfonamides is 1. The Hall–Kier alpha value is -2.36. The summed E-state index contributed by atoms with van der Waals surface area (Å²) in [5.74, 6) is 0.955. The van der Waals surface area contributed by atoms with E-state index in [0.29, 0.717) is 37.5 Å². The summed E-state index contributed by atoms with van der Waals surface area (Å²) >= 11 is 5.96. The molecule has 1 N–H and O–H groups in total. The fourth-order valence-electron chi connectivity index (χ4n) is 3.55. The Balaban J connectivity index is 1.54. The molecule has 2 aromatic rings. The van der Waals surface area contributed by atoms with Gasteiger partial charge in [0.25, 0.3) is 0 Å². The Morgan fingerprint density at radius 1 is 1.25 bits per heavy atom. The number of hydrogen-bond acceptors (Lipinski definition) is 6. The molecule has 32 heavy (non-hydrogen) atoms. The SMILES string of the molecule is CCCOc1ccc(CNC(=O)C2CCN(S(=O)(=O)c3cccnc3Cl)CC2)cc1OC. The van der Waals surface area contributed by atoms with Crippen molar-refractivity contribution in [3.63, 3.8) is 0 Å². The van der Waals surface area contributed by atoms with E-state index in [2.05, 4.69) is 10.3 Å². The molecule has 0 unspecified atom stereocenters. The maximum Gasteiger partial charge on any atom is 0.246 e. The van der Waals surface area contributed by atoms with Crippen molar-refractivity contribution < 1.29 is 22.7 Å². The predicted molar refractivity (Wildman–Crippen MR) is 121 cm³/mol. The number of benzene rings is 1. The number of piperidine rings is 1. The van der Waals surface area contributed by atoms with Crippen molar-refractivity contribution >= 4 is 27.5 Å². The van der Waals surface area contributed by atoms with E-state index >= 15 is 0 Å². The summed E-state index contributed by atoms with van der Waals surface area (Å²) < 4.78 is 38.0. The largest absolute Gasteiger partial charge is 0.493 e. The highest BCUT2D eigenvalue weighted by atomic mass is 35.5. The Labute approximate surface area is 193 Å². The first kappa shape index (κ1) is 24.3. The molecule has 1 fully saturated rings. The molecule has 0 spiro atoms. The lowest BCUT2D eigenvalue weighted by Crippen LogP contribution is -2.42. The van der Waals surface area contributed by atoms with E-state index in [1.54, 1.807) is 7.11 Å². The average Bonchev–Trinajstić information content (AvgIpc) is 2.81. The third kappa shape index (κ3) is 5.70. The number of hydrogen-bond donors (Lipinski definition) is 1. The molecule has 0 saturated carbocycles. The van der Waals surface area contributed by atoms with Crippen LogP contribution in [-0.2, 0) is 21.4 Å². The first-order valence-electron chi connectivity index (χ1n) is 10.5. The number of methoxy groups -OCH3 is 1. The summed E-state index contributed by atoms with van der Waals surface area (Å²) in [5, 5.41) is 2.90. The number of nitrogens with one attached hydrogen (secondary N) is 1. The Bertz CT molecular complexity index is 1040. The molecule has 1 aliphatic heterocycles. The highest BCUT2D eigenvalue weighted by Crippen LogP contribution is 2.29. The Morgan fingerprint density at radius 3 is 2.66 bits per heavy atom. The van der Waals surface area contributed by atoms with Crippen LogP contribution in [0.25, 0.3) is 0 Å². The standard InChI is InChI=1S/C22H28ClN3O5S/c1-3-13-31-18-7-6-16(14-19(18)30-2)15-25-22(27)17-8-11-26(12-9-17)32(28,29)20-5-4-10-24-21(20)23/h4-7,10,14,17H,3,8-9,11-13,15H2,1-2H3,(H,25,27). The van der Waals surface area contributed by atoms with E-state index in [4.69, 9.17) is 21.1 Å². The van der Waals surface area contributed by atoms with Crippen LogP contribution in [0.5, 0.6) is 11.5 Å².